The predicted molar refractivity (Wildman–Crippen MR) is 72.9 cm³/mol. The summed E-state index contributed by atoms with van der Waals surface area (Å²) in [4.78, 5) is 10.1. The van der Waals surface area contributed by atoms with E-state index in [4.69, 9.17) is 10.6 Å². The van der Waals surface area contributed by atoms with E-state index < -0.39 is 14.9 Å². The molecule has 0 aliphatic carbocycles. The van der Waals surface area contributed by atoms with Gasteiger partial charge in [-0.2, -0.15) is 0 Å². The first-order valence-electron chi connectivity index (χ1n) is 5.80. The van der Waals surface area contributed by atoms with Gasteiger partial charge in [0, 0.05) is 19.2 Å². The number of hydrogen-bond donors (Lipinski definition) is 3. The van der Waals surface area contributed by atoms with Crippen molar-refractivity contribution in [1.29, 1.82) is 0 Å². The standard InChI is InChI=1S/C9H14N4O5S2/c10-12-9-7(13(14)15)4-8(19-9)20(16,17)11-5-6-2-1-3-18-6/h4,6,11-12H,1-3,5,10H2. The summed E-state index contributed by atoms with van der Waals surface area (Å²) in [6, 6.07) is 0.984. The molecule has 1 aliphatic rings. The number of ether oxygens (including phenoxy) is 1. The van der Waals surface area contributed by atoms with Crippen LogP contribution >= 0.6 is 11.3 Å². The number of anilines is 1. The van der Waals surface area contributed by atoms with Crippen molar-refractivity contribution in [2.45, 2.75) is 23.2 Å². The first-order valence-corrected chi connectivity index (χ1v) is 8.10. The third kappa shape index (κ3) is 3.24. The fraction of sp³-hybridized carbons (Fsp3) is 0.556. The molecule has 0 saturated carbocycles. The number of nitrogens with two attached hydrogens (primary N) is 1. The summed E-state index contributed by atoms with van der Waals surface area (Å²) in [6.07, 6.45) is 1.55. The molecule has 0 spiro atoms. The zero-order valence-electron chi connectivity index (χ0n) is 10.4. The normalized spacial score (nSPS) is 19.1. The number of sulfonamides is 1. The van der Waals surface area contributed by atoms with Crippen molar-refractivity contribution in [2.24, 2.45) is 5.84 Å². The van der Waals surface area contributed by atoms with Crippen LogP contribution in [0.2, 0.25) is 0 Å². The van der Waals surface area contributed by atoms with E-state index in [1.54, 1.807) is 0 Å². The van der Waals surface area contributed by atoms with Crippen LogP contribution in [0.1, 0.15) is 12.8 Å². The average Bonchev–Trinajstić information content (AvgIpc) is 3.05. The van der Waals surface area contributed by atoms with E-state index in [1.165, 1.54) is 0 Å². The third-order valence-corrected chi connectivity index (χ3v) is 5.76. The van der Waals surface area contributed by atoms with Gasteiger partial charge in [0.05, 0.1) is 11.0 Å². The Hall–Kier alpha value is -1.27. The Labute approximate surface area is 119 Å². The molecule has 1 aromatic heterocycles. The quantitative estimate of drug-likeness (QED) is 0.391. The molecule has 112 valence electrons. The maximum Gasteiger partial charge on any atom is 0.306 e. The summed E-state index contributed by atoms with van der Waals surface area (Å²) in [5, 5.41) is 10.8. The first kappa shape index (κ1) is 15.1. The van der Waals surface area contributed by atoms with Crippen LogP contribution in [0.25, 0.3) is 0 Å². The monoisotopic (exact) mass is 322 g/mol. The van der Waals surface area contributed by atoms with Gasteiger partial charge in [0.15, 0.2) is 5.00 Å². The van der Waals surface area contributed by atoms with Crippen molar-refractivity contribution in [3.63, 3.8) is 0 Å². The number of nitrogens with zero attached hydrogens (tertiary/aromatic N) is 1. The van der Waals surface area contributed by atoms with Crippen molar-refractivity contribution < 1.29 is 18.1 Å². The second-order valence-corrected chi connectivity index (χ2v) is 7.21. The summed E-state index contributed by atoms with van der Waals surface area (Å²) in [6.45, 7) is 0.775. The van der Waals surface area contributed by atoms with Crippen LogP contribution in [0, 0.1) is 10.1 Å². The van der Waals surface area contributed by atoms with Crippen LogP contribution in [0.5, 0.6) is 0 Å². The summed E-state index contributed by atoms with van der Waals surface area (Å²) >= 11 is 0.708. The molecule has 9 nitrogen and oxygen atoms in total. The van der Waals surface area contributed by atoms with Crippen molar-refractivity contribution in [3.8, 4) is 0 Å². The van der Waals surface area contributed by atoms with Crippen molar-refractivity contribution in [2.75, 3.05) is 18.6 Å². The molecule has 20 heavy (non-hydrogen) atoms. The van der Waals surface area contributed by atoms with Gasteiger partial charge in [0.25, 0.3) is 0 Å². The number of nitro groups is 1. The fourth-order valence-corrected chi connectivity index (χ4v) is 4.16. The number of rotatable bonds is 6. The number of nitrogen functional groups attached to an aromatic ring is 1. The smallest absolute Gasteiger partial charge is 0.306 e. The van der Waals surface area contributed by atoms with Gasteiger partial charge in [-0.25, -0.2) is 19.0 Å². The molecule has 0 bridgehead atoms. The Morgan fingerprint density at radius 2 is 2.35 bits per heavy atom. The molecule has 1 aliphatic heterocycles. The molecule has 0 amide bonds. The maximum absolute atomic E-state index is 12.0. The van der Waals surface area contributed by atoms with Crippen LogP contribution in [0.15, 0.2) is 10.3 Å². The van der Waals surface area contributed by atoms with Crippen LogP contribution in [-0.2, 0) is 14.8 Å². The fourth-order valence-electron chi connectivity index (χ4n) is 1.81. The van der Waals surface area contributed by atoms with Crippen molar-refractivity contribution in [1.82, 2.24) is 4.72 Å². The van der Waals surface area contributed by atoms with Crippen LogP contribution in [-0.4, -0.2) is 32.6 Å². The van der Waals surface area contributed by atoms with Gasteiger partial charge in [-0.05, 0) is 12.8 Å². The Morgan fingerprint density at radius 1 is 1.60 bits per heavy atom. The number of hydrogen-bond acceptors (Lipinski definition) is 8. The Morgan fingerprint density at radius 3 is 2.85 bits per heavy atom. The molecular weight excluding hydrogens is 308 g/mol. The highest BCUT2D eigenvalue weighted by molar-refractivity contribution is 7.91. The number of hydrazine groups is 1. The lowest BCUT2D eigenvalue weighted by molar-refractivity contribution is -0.383. The van der Waals surface area contributed by atoms with Crippen LogP contribution in [0.3, 0.4) is 0 Å². The summed E-state index contributed by atoms with van der Waals surface area (Å²) in [7, 11) is -3.80. The highest BCUT2D eigenvalue weighted by Gasteiger charge is 2.27. The molecule has 2 rings (SSSR count). The van der Waals surface area contributed by atoms with E-state index in [9.17, 15) is 18.5 Å². The lowest BCUT2D eigenvalue weighted by Gasteiger charge is -2.09. The first-order chi connectivity index (χ1) is 9.44. The predicted octanol–water partition coefficient (Wildman–Crippen LogP) is 0.399. The lowest BCUT2D eigenvalue weighted by Crippen LogP contribution is -2.31. The minimum absolute atomic E-state index is 0.00695. The highest BCUT2D eigenvalue weighted by Crippen LogP contribution is 2.36. The van der Waals surface area contributed by atoms with Gasteiger partial charge in [0.1, 0.15) is 4.21 Å². The van der Waals surface area contributed by atoms with E-state index in [1.807, 2.05) is 0 Å². The molecule has 1 saturated heterocycles. The van der Waals surface area contributed by atoms with Gasteiger partial charge in [-0.3, -0.25) is 10.1 Å². The Kier molecular flexibility index (Phi) is 4.55. The maximum atomic E-state index is 12.0. The molecule has 2 heterocycles. The average molecular weight is 322 g/mol. The van der Waals surface area contributed by atoms with E-state index in [-0.39, 0.29) is 27.5 Å². The minimum Gasteiger partial charge on any atom is -0.377 e. The van der Waals surface area contributed by atoms with E-state index in [0.717, 1.165) is 18.9 Å². The molecule has 1 fully saturated rings. The zero-order valence-corrected chi connectivity index (χ0v) is 12.0. The summed E-state index contributed by atoms with van der Waals surface area (Å²) in [5.74, 6) is 5.14. The molecule has 1 atom stereocenters. The summed E-state index contributed by atoms with van der Waals surface area (Å²) in [5.41, 5.74) is 1.76. The van der Waals surface area contributed by atoms with Gasteiger partial charge < -0.3 is 10.2 Å². The zero-order chi connectivity index (χ0) is 14.8. The second kappa shape index (κ2) is 6.01. The van der Waals surface area contributed by atoms with Crippen molar-refractivity contribution in [3.05, 3.63) is 16.2 Å². The molecule has 1 aromatic rings. The summed E-state index contributed by atoms with van der Waals surface area (Å²) < 4.78 is 31.6. The van der Waals surface area contributed by atoms with Crippen LogP contribution in [0.4, 0.5) is 10.7 Å². The minimum atomic E-state index is -3.80. The largest absolute Gasteiger partial charge is 0.377 e. The third-order valence-electron chi connectivity index (χ3n) is 2.81. The highest BCUT2D eigenvalue weighted by atomic mass is 32.2. The van der Waals surface area contributed by atoms with Gasteiger partial charge >= 0.3 is 5.69 Å². The molecule has 1 unspecified atom stereocenters. The van der Waals surface area contributed by atoms with E-state index in [2.05, 4.69) is 10.1 Å². The molecule has 4 N–H and O–H groups in total. The number of nitrogens with one attached hydrogen (secondary N) is 2. The topological polar surface area (TPSA) is 137 Å². The molecule has 0 aromatic carbocycles. The molecule has 11 heteroatoms. The van der Waals surface area contributed by atoms with Crippen LogP contribution < -0.4 is 16.0 Å². The van der Waals surface area contributed by atoms with E-state index in [0.29, 0.717) is 17.9 Å². The van der Waals surface area contributed by atoms with Gasteiger partial charge in [0.2, 0.25) is 10.0 Å². The molecule has 0 radical (unpaired) electrons. The Balaban J connectivity index is 2.14. The number of thiophene rings is 1. The van der Waals surface area contributed by atoms with Gasteiger partial charge in [-0.15, -0.1) is 0 Å². The van der Waals surface area contributed by atoms with Gasteiger partial charge in [-0.1, -0.05) is 11.3 Å². The van der Waals surface area contributed by atoms with Crippen molar-refractivity contribution >= 4 is 32.0 Å². The van der Waals surface area contributed by atoms with E-state index >= 15 is 0 Å². The Bertz CT molecular complexity index is 593. The molecular formula is C9H14N4O5S2. The lowest BCUT2D eigenvalue weighted by atomic mass is 10.2. The second-order valence-electron chi connectivity index (χ2n) is 4.17. The SMILES string of the molecule is NNc1sc(S(=O)(=O)NCC2CCCO2)cc1[N+](=O)[O-].